The molecular formula is C13H15F2NO2. The summed E-state index contributed by atoms with van der Waals surface area (Å²) in [4.78, 5) is 12.3. The maximum absolute atomic E-state index is 13.7. The number of likely N-dealkylation sites (tertiary alicyclic amines) is 1. The summed E-state index contributed by atoms with van der Waals surface area (Å²) in [7, 11) is 0. The van der Waals surface area contributed by atoms with Crippen molar-refractivity contribution in [2.75, 3.05) is 13.1 Å². The van der Waals surface area contributed by atoms with Crippen molar-refractivity contribution in [3.8, 4) is 0 Å². The van der Waals surface area contributed by atoms with Gasteiger partial charge in [0.15, 0.2) is 11.6 Å². The highest BCUT2D eigenvalue weighted by Gasteiger charge is 2.25. The lowest BCUT2D eigenvalue weighted by Gasteiger charge is -2.22. The molecule has 2 rings (SSSR count). The highest BCUT2D eigenvalue weighted by atomic mass is 19.2. The molecule has 0 saturated carbocycles. The van der Waals surface area contributed by atoms with E-state index in [1.165, 1.54) is 17.0 Å². The quantitative estimate of drug-likeness (QED) is 0.837. The maximum Gasteiger partial charge on any atom is 0.407 e. The molecule has 0 bridgehead atoms. The van der Waals surface area contributed by atoms with Crippen LogP contribution < -0.4 is 0 Å². The summed E-state index contributed by atoms with van der Waals surface area (Å²) in [5, 5.41) is 9.01. The Bertz CT molecular complexity index is 451. The fourth-order valence-electron chi connectivity index (χ4n) is 2.41. The molecule has 1 aliphatic rings. The summed E-state index contributed by atoms with van der Waals surface area (Å²) in [5.74, 6) is -1.99. The van der Waals surface area contributed by atoms with E-state index in [1.807, 2.05) is 0 Å². The van der Waals surface area contributed by atoms with Gasteiger partial charge < -0.3 is 10.0 Å². The summed E-state index contributed by atoms with van der Waals surface area (Å²) in [6, 6.07) is 4.07. The maximum atomic E-state index is 13.7. The largest absolute Gasteiger partial charge is 0.465 e. The van der Waals surface area contributed by atoms with E-state index < -0.39 is 17.7 Å². The average molecular weight is 255 g/mol. The van der Waals surface area contributed by atoms with Crippen LogP contribution in [0.5, 0.6) is 0 Å². The minimum atomic E-state index is -1.00. The van der Waals surface area contributed by atoms with Crippen LogP contribution >= 0.6 is 0 Å². The number of nitrogens with zero attached hydrogens (tertiary/aromatic N) is 1. The van der Waals surface area contributed by atoms with Gasteiger partial charge >= 0.3 is 6.09 Å². The van der Waals surface area contributed by atoms with E-state index in [4.69, 9.17) is 5.11 Å². The summed E-state index contributed by atoms with van der Waals surface area (Å²) in [6.07, 6.45) is 1.27. The van der Waals surface area contributed by atoms with Crippen LogP contribution in [0.25, 0.3) is 0 Å². The van der Waals surface area contributed by atoms with Crippen molar-refractivity contribution in [2.24, 2.45) is 0 Å². The van der Waals surface area contributed by atoms with E-state index in [2.05, 4.69) is 0 Å². The lowest BCUT2D eigenvalue weighted by atomic mass is 9.94. The molecule has 1 N–H and O–H groups in total. The zero-order valence-corrected chi connectivity index (χ0v) is 9.90. The van der Waals surface area contributed by atoms with E-state index in [9.17, 15) is 13.6 Å². The van der Waals surface area contributed by atoms with Crippen LogP contribution in [0.2, 0.25) is 0 Å². The molecular weight excluding hydrogens is 240 g/mol. The zero-order valence-electron chi connectivity index (χ0n) is 9.90. The Morgan fingerprint density at radius 2 is 2.11 bits per heavy atom. The summed E-state index contributed by atoms with van der Waals surface area (Å²) in [5.41, 5.74) is 0.281. The van der Waals surface area contributed by atoms with Crippen LogP contribution in [0.1, 0.15) is 30.7 Å². The molecule has 1 saturated heterocycles. The van der Waals surface area contributed by atoms with Crippen molar-refractivity contribution >= 4 is 6.09 Å². The van der Waals surface area contributed by atoms with Gasteiger partial charge in [-0.1, -0.05) is 18.6 Å². The molecule has 18 heavy (non-hydrogen) atoms. The van der Waals surface area contributed by atoms with Crippen LogP contribution in [0.15, 0.2) is 18.2 Å². The third-order valence-corrected chi connectivity index (χ3v) is 3.36. The third kappa shape index (κ3) is 2.60. The Hall–Kier alpha value is -1.65. The predicted octanol–water partition coefficient (Wildman–Crippen LogP) is 3.21. The van der Waals surface area contributed by atoms with Crippen molar-refractivity contribution < 1.29 is 18.7 Å². The highest BCUT2D eigenvalue weighted by molar-refractivity contribution is 5.65. The lowest BCUT2D eigenvalue weighted by Crippen LogP contribution is -2.32. The molecule has 1 aromatic carbocycles. The second-order valence-corrected chi connectivity index (χ2v) is 4.56. The molecule has 1 heterocycles. The Morgan fingerprint density at radius 1 is 1.33 bits per heavy atom. The van der Waals surface area contributed by atoms with Gasteiger partial charge in [-0.15, -0.1) is 0 Å². The molecule has 1 aliphatic heterocycles. The monoisotopic (exact) mass is 255 g/mol. The van der Waals surface area contributed by atoms with Gasteiger partial charge in [-0.05, 0) is 24.5 Å². The standard InChI is InChI=1S/C13H15F2NO2/c14-11-6-3-5-10(12(11)15)9-4-1-2-7-16(8-9)13(17)18/h3,5-6,9H,1-2,4,7-8H2,(H,17,18)/t9-/m1/s1. The summed E-state index contributed by atoms with van der Waals surface area (Å²) < 4.78 is 26.9. The number of amides is 1. The Morgan fingerprint density at radius 3 is 2.83 bits per heavy atom. The van der Waals surface area contributed by atoms with Crippen molar-refractivity contribution in [2.45, 2.75) is 25.2 Å². The third-order valence-electron chi connectivity index (χ3n) is 3.36. The first-order valence-corrected chi connectivity index (χ1v) is 6.01. The molecule has 3 nitrogen and oxygen atoms in total. The number of benzene rings is 1. The van der Waals surface area contributed by atoms with E-state index in [0.29, 0.717) is 13.0 Å². The number of hydrogen-bond acceptors (Lipinski definition) is 1. The summed E-state index contributed by atoms with van der Waals surface area (Å²) in [6.45, 7) is 0.693. The number of rotatable bonds is 1. The van der Waals surface area contributed by atoms with Gasteiger partial charge in [0, 0.05) is 19.0 Å². The van der Waals surface area contributed by atoms with Gasteiger partial charge in [0.25, 0.3) is 0 Å². The molecule has 1 amide bonds. The van der Waals surface area contributed by atoms with Gasteiger partial charge in [-0.25, -0.2) is 13.6 Å². The van der Waals surface area contributed by atoms with Crippen molar-refractivity contribution in [3.63, 3.8) is 0 Å². The fraction of sp³-hybridized carbons (Fsp3) is 0.462. The zero-order chi connectivity index (χ0) is 13.1. The molecule has 0 aliphatic carbocycles. The number of hydrogen-bond donors (Lipinski definition) is 1. The molecule has 1 atom stereocenters. The fourth-order valence-corrected chi connectivity index (χ4v) is 2.41. The molecule has 1 aromatic rings. The van der Waals surface area contributed by atoms with Gasteiger partial charge in [0.05, 0.1) is 0 Å². The molecule has 5 heteroatoms. The van der Waals surface area contributed by atoms with Crippen molar-refractivity contribution in [1.29, 1.82) is 0 Å². The van der Waals surface area contributed by atoms with Gasteiger partial charge in [0.1, 0.15) is 0 Å². The van der Waals surface area contributed by atoms with Crippen LogP contribution in [0.3, 0.4) is 0 Å². The van der Waals surface area contributed by atoms with E-state index in [1.54, 1.807) is 0 Å². The highest BCUT2D eigenvalue weighted by Crippen LogP contribution is 2.29. The second-order valence-electron chi connectivity index (χ2n) is 4.56. The SMILES string of the molecule is O=C(O)N1CCCC[C@@H](c2cccc(F)c2F)C1. The second kappa shape index (κ2) is 5.33. The average Bonchev–Trinajstić information content (AvgIpc) is 2.58. The lowest BCUT2D eigenvalue weighted by molar-refractivity contribution is 0.144. The molecule has 0 unspecified atom stereocenters. The van der Waals surface area contributed by atoms with Crippen LogP contribution in [-0.4, -0.2) is 29.2 Å². The smallest absolute Gasteiger partial charge is 0.407 e. The van der Waals surface area contributed by atoms with Gasteiger partial charge in [0.2, 0.25) is 0 Å². The van der Waals surface area contributed by atoms with Crippen LogP contribution in [-0.2, 0) is 0 Å². The van der Waals surface area contributed by atoms with Crippen molar-refractivity contribution in [1.82, 2.24) is 4.90 Å². The first kappa shape index (κ1) is 12.8. The summed E-state index contributed by atoms with van der Waals surface area (Å²) >= 11 is 0. The molecule has 0 aromatic heterocycles. The van der Waals surface area contributed by atoms with Gasteiger partial charge in [-0.3, -0.25) is 0 Å². The Kier molecular flexibility index (Phi) is 3.79. The first-order valence-electron chi connectivity index (χ1n) is 6.01. The predicted molar refractivity (Wildman–Crippen MR) is 62.5 cm³/mol. The Balaban J connectivity index is 2.25. The van der Waals surface area contributed by atoms with Crippen LogP contribution in [0.4, 0.5) is 13.6 Å². The first-order chi connectivity index (χ1) is 8.59. The number of halogens is 2. The minimum Gasteiger partial charge on any atom is -0.465 e. The minimum absolute atomic E-state index is 0.232. The number of carboxylic acid groups (broad SMARTS) is 1. The number of carbonyl (C=O) groups is 1. The molecule has 1 fully saturated rings. The van der Waals surface area contributed by atoms with Gasteiger partial charge in [-0.2, -0.15) is 0 Å². The van der Waals surface area contributed by atoms with E-state index >= 15 is 0 Å². The molecule has 0 radical (unpaired) electrons. The van der Waals surface area contributed by atoms with E-state index in [0.717, 1.165) is 18.9 Å². The van der Waals surface area contributed by atoms with Crippen molar-refractivity contribution in [3.05, 3.63) is 35.4 Å². The molecule has 98 valence electrons. The van der Waals surface area contributed by atoms with E-state index in [-0.39, 0.29) is 18.0 Å². The normalized spacial score (nSPS) is 20.6. The van der Waals surface area contributed by atoms with Crippen LogP contribution in [0, 0.1) is 11.6 Å². The molecule has 0 spiro atoms. The Labute approximate surface area is 104 Å². The topological polar surface area (TPSA) is 40.5 Å².